The molecule has 25 heavy (non-hydrogen) atoms. The van der Waals surface area contributed by atoms with Crippen LogP contribution in [0.5, 0.6) is 5.75 Å². The van der Waals surface area contributed by atoms with Crippen molar-refractivity contribution in [3.8, 4) is 5.75 Å². The van der Waals surface area contributed by atoms with Crippen molar-refractivity contribution in [1.82, 2.24) is 0 Å². The number of hydrogen-bond donors (Lipinski definition) is 2. The van der Waals surface area contributed by atoms with Crippen molar-refractivity contribution in [2.24, 2.45) is 0 Å². The van der Waals surface area contributed by atoms with Gasteiger partial charge in [-0.2, -0.15) is 0 Å². The number of benzene rings is 2. The smallest absolute Gasteiger partial charge is 0.417 e. The maximum absolute atomic E-state index is 11.8. The van der Waals surface area contributed by atoms with Crippen molar-refractivity contribution < 1.29 is 24.4 Å². The number of nitrogens with zero attached hydrogens (tertiary/aromatic N) is 1. The third kappa shape index (κ3) is 5.94. The van der Waals surface area contributed by atoms with Crippen LogP contribution in [0.15, 0.2) is 48.5 Å². The van der Waals surface area contributed by atoms with Crippen LogP contribution in [-0.2, 0) is 11.2 Å². The number of nitro groups is 1. The molecule has 130 valence electrons. The molecular formula is C17H16N2O6. The number of nitrogens with one attached hydrogen (secondary N) is 1. The van der Waals surface area contributed by atoms with Gasteiger partial charge in [0.25, 0.3) is 5.69 Å². The van der Waals surface area contributed by atoms with Crippen LogP contribution in [0, 0.1) is 10.1 Å². The van der Waals surface area contributed by atoms with E-state index in [0.29, 0.717) is 18.5 Å². The lowest BCUT2D eigenvalue weighted by atomic mass is 10.1. The molecule has 0 aliphatic heterocycles. The molecule has 0 unspecified atom stereocenters. The highest BCUT2D eigenvalue weighted by Crippen LogP contribution is 2.18. The van der Waals surface area contributed by atoms with Crippen molar-refractivity contribution in [3.63, 3.8) is 0 Å². The number of ether oxygens (including phenoxy) is 1. The quantitative estimate of drug-likeness (QED) is 0.585. The number of anilines is 1. The fraction of sp³-hybridized carbons (Fsp3) is 0.176. The summed E-state index contributed by atoms with van der Waals surface area (Å²) in [6.07, 6.45) is 0.582. The first kappa shape index (κ1) is 17.9. The Morgan fingerprint density at radius 1 is 1.08 bits per heavy atom. The van der Waals surface area contributed by atoms with Crippen LogP contribution in [0.4, 0.5) is 16.2 Å². The lowest BCUT2D eigenvalue weighted by Gasteiger charge is -2.07. The molecule has 0 atom stereocenters. The molecule has 0 heterocycles. The molecule has 0 saturated carbocycles. The zero-order valence-electron chi connectivity index (χ0n) is 13.2. The highest BCUT2D eigenvalue weighted by molar-refractivity contribution is 5.86. The minimum Gasteiger partial charge on any atom is -0.481 e. The number of hydrogen-bond acceptors (Lipinski definition) is 5. The number of carbonyl (C=O) groups is 2. The summed E-state index contributed by atoms with van der Waals surface area (Å²) in [5.41, 5.74) is 1.40. The number of carboxylic acid groups (broad SMARTS) is 1. The van der Waals surface area contributed by atoms with Gasteiger partial charge in [-0.05, 0) is 42.7 Å². The molecule has 0 saturated heterocycles. The summed E-state index contributed by atoms with van der Waals surface area (Å²) in [6, 6.07) is 12.1. The van der Waals surface area contributed by atoms with Crippen molar-refractivity contribution in [2.45, 2.75) is 19.3 Å². The Kier molecular flexibility index (Phi) is 6.05. The fourth-order valence-corrected chi connectivity index (χ4v) is 2.08. The first-order chi connectivity index (χ1) is 11.9. The Morgan fingerprint density at radius 3 is 2.28 bits per heavy atom. The van der Waals surface area contributed by atoms with Crippen LogP contribution < -0.4 is 10.1 Å². The molecule has 0 fully saturated rings. The number of aliphatic carboxylic acids is 1. The Balaban J connectivity index is 1.85. The number of rotatable bonds is 7. The van der Waals surface area contributed by atoms with E-state index in [1.54, 1.807) is 24.3 Å². The molecule has 2 aromatic carbocycles. The first-order valence-electron chi connectivity index (χ1n) is 7.48. The molecule has 0 aromatic heterocycles. The summed E-state index contributed by atoms with van der Waals surface area (Å²) in [4.78, 5) is 32.3. The first-order valence-corrected chi connectivity index (χ1v) is 7.48. The number of carboxylic acids is 1. The fourth-order valence-electron chi connectivity index (χ4n) is 2.08. The summed E-state index contributed by atoms with van der Waals surface area (Å²) in [5, 5.41) is 21.7. The summed E-state index contributed by atoms with van der Waals surface area (Å²) in [6.45, 7) is 0. The average Bonchev–Trinajstić information content (AvgIpc) is 2.56. The topological polar surface area (TPSA) is 119 Å². The molecule has 2 aromatic rings. The maximum Gasteiger partial charge on any atom is 0.417 e. The van der Waals surface area contributed by atoms with E-state index in [2.05, 4.69) is 5.32 Å². The van der Waals surface area contributed by atoms with Gasteiger partial charge in [-0.25, -0.2) is 4.79 Å². The predicted octanol–water partition coefficient (Wildman–Crippen LogP) is 3.61. The second-order valence-electron chi connectivity index (χ2n) is 5.21. The molecule has 8 heteroatoms. The second-order valence-corrected chi connectivity index (χ2v) is 5.21. The highest BCUT2D eigenvalue weighted by atomic mass is 16.6. The van der Waals surface area contributed by atoms with Gasteiger partial charge in [0.1, 0.15) is 5.75 Å². The van der Waals surface area contributed by atoms with Gasteiger partial charge in [0.2, 0.25) is 0 Å². The Morgan fingerprint density at radius 2 is 1.72 bits per heavy atom. The number of amides is 1. The molecular weight excluding hydrogens is 328 g/mol. The van der Waals surface area contributed by atoms with E-state index in [1.165, 1.54) is 24.3 Å². The van der Waals surface area contributed by atoms with Crippen LogP contribution in [0.25, 0.3) is 0 Å². The zero-order chi connectivity index (χ0) is 18.2. The van der Waals surface area contributed by atoms with Gasteiger partial charge in [0.15, 0.2) is 0 Å². The van der Waals surface area contributed by atoms with Gasteiger partial charge in [0.05, 0.1) is 4.92 Å². The molecule has 1 amide bonds. The monoisotopic (exact) mass is 344 g/mol. The van der Waals surface area contributed by atoms with Crippen molar-refractivity contribution in [2.75, 3.05) is 5.32 Å². The molecule has 2 rings (SSSR count). The van der Waals surface area contributed by atoms with E-state index in [-0.39, 0.29) is 17.9 Å². The normalized spacial score (nSPS) is 10.1. The van der Waals surface area contributed by atoms with Crippen LogP contribution in [0.1, 0.15) is 18.4 Å². The zero-order valence-corrected chi connectivity index (χ0v) is 13.2. The van der Waals surface area contributed by atoms with Gasteiger partial charge in [-0.1, -0.05) is 12.1 Å². The van der Waals surface area contributed by atoms with Gasteiger partial charge in [-0.3, -0.25) is 20.2 Å². The molecule has 0 aliphatic carbocycles. The van der Waals surface area contributed by atoms with Gasteiger partial charge < -0.3 is 9.84 Å². The maximum atomic E-state index is 11.8. The van der Waals surface area contributed by atoms with E-state index in [0.717, 1.165) is 5.56 Å². The number of non-ortho nitro benzene ring substituents is 1. The van der Waals surface area contributed by atoms with Crippen LogP contribution >= 0.6 is 0 Å². The lowest BCUT2D eigenvalue weighted by Crippen LogP contribution is -2.16. The number of nitro benzene ring substituents is 1. The highest BCUT2D eigenvalue weighted by Gasteiger charge is 2.08. The third-order valence-corrected chi connectivity index (χ3v) is 3.31. The van der Waals surface area contributed by atoms with Crippen LogP contribution in [0.3, 0.4) is 0 Å². The lowest BCUT2D eigenvalue weighted by molar-refractivity contribution is -0.384. The third-order valence-electron chi connectivity index (χ3n) is 3.31. The Labute approximate surface area is 143 Å². The molecule has 2 N–H and O–H groups in total. The summed E-state index contributed by atoms with van der Waals surface area (Å²) in [7, 11) is 0. The largest absolute Gasteiger partial charge is 0.481 e. The molecule has 0 radical (unpaired) electrons. The van der Waals surface area contributed by atoms with E-state index < -0.39 is 17.0 Å². The van der Waals surface area contributed by atoms with E-state index in [9.17, 15) is 19.7 Å². The van der Waals surface area contributed by atoms with Gasteiger partial charge in [0, 0.05) is 24.2 Å². The van der Waals surface area contributed by atoms with E-state index in [4.69, 9.17) is 9.84 Å². The minimum atomic E-state index is -0.827. The van der Waals surface area contributed by atoms with Crippen LogP contribution in [0.2, 0.25) is 0 Å². The van der Waals surface area contributed by atoms with Crippen molar-refractivity contribution in [3.05, 3.63) is 64.2 Å². The molecule has 8 nitrogen and oxygen atoms in total. The van der Waals surface area contributed by atoms with Crippen molar-refractivity contribution >= 4 is 23.4 Å². The molecule has 0 aliphatic rings. The molecule has 0 bridgehead atoms. The van der Waals surface area contributed by atoms with Crippen LogP contribution in [-0.4, -0.2) is 22.1 Å². The second kappa shape index (κ2) is 8.44. The Bertz CT molecular complexity index is 756. The van der Waals surface area contributed by atoms with Crippen molar-refractivity contribution in [1.29, 1.82) is 0 Å². The Hall–Kier alpha value is -3.42. The SMILES string of the molecule is O=C(O)CCCc1ccc(NC(=O)Oc2ccc([N+](=O)[O-])cc2)cc1. The number of aryl methyl sites for hydroxylation is 1. The van der Waals surface area contributed by atoms with Gasteiger partial charge in [-0.15, -0.1) is 0 Å². The molecule has 0 spiro atoms. The average molecular weight is 344 g/mol. The standard InChI is InChI=1S/C17H16N2O6/c20-16(21)3-1-2-12-4-6-13(7-5-12)18-17(22)25-15-10-8-14(9-11-15)19(23)24/h4-11H,1-3H2,(H,18,22)(H,20,21). The van der Waals surface area contributed by atoms with Gasteiger partial charge >= 0.3 is 12.1 Å². The summed E-state index contributed by atoms with van der Waals surface area (Å²) < 4.78 is 5.04. The predicted molar refractivity (Wildman–Crippen MR) is 89.8 cm³/mol. The summed E-state index contributed by atoms with van der Waals surface area (Å²) >= 11 is 0. The van der Waals surface area contributed by atoms with E-state index in [1.807, 2.05) is 0 Å². The number of carbonyl (C=O) groups excluding carboxylic acids is 1. The summed E-state index contributed by atoms with van der Waals surface area (Å²) in [5.74, 6) is -0.638. The minimum absolute atomic E-state index is 0.0914. The van der Waals surface area contributed by atoms with E-state index >= 15 is 0 Å².